The Morgan fingerprint density at radius 2 is 1.81 bits per heavy atom. The zero-order chi connectivity index (χ0) is 23.5. The fraction of sp³-hybridized carbons (Fsp3) is 0.429. The van der Waals surface area contributed by atoms with E-state index in [1.54, 1.807) is 30.3 Å². The highest BCUT2D eigenvalue weighted by Gasteiger charge is 2.60. The first kappa shape index (κ1) is 25.2. The van der Waals surface area contributed by atoms with Gasteiger partial charge in [-0.25, -0.2) is 0 Å². The van der Waals surface area contributed by atoms with Crippen molar-refractivity contribution in [3.63, 3.8) is 0 Å². The molecule has 1 aliphatic heterocycles. The summed E-state index contributed by atoms with van der Waals surface area (Å²) in [5.41, 5.74) is -0.911. The van der Waals surface area contributed by atoms with Crippen LogP contribution in [0.1, 0.15) is 46.6 Å². The predicted molar refractivity (Wildman–Crippen MR) is 122 cm³/mol. The molecule has 1 atom stereocenters. The Balaban J connectivity index is 1.59. The summed E-state index contributed by atoms with van der Waals surface area (Å²) >= 11 is 8.03. The molecular weight excluding hydrogens is 577 g/mol. The summed E-state index contributed by atoms with van der Waals surface area (Å²) in [5.74, 6) is -1.23. The smallest absolute Gasteiger partial charge is 0.381 e. The monoisotopic (exact) mass is 596 g/mol. The largest absolute Gasteiger partial charge is 0.403 e. The van der Waals surface area contributed by atoms with Gasteiger partial charge in [0.2, 0.25) is 5.91 Å². The van der Waals surface area contributed by atoms with Crippen LogP contribution in [-0.4, -0.2) is 31.2 Å². The van der Waals surface area contributed by atoms with Crippen LogP contribution in [0.4, 0.5) is 13.2 Å². The highest BCUT2D eigenvalue weighted by atomic mass is 79.9. The van der Waals surface area contributed by atoms with Crippen LogP contribution in [0.2, 0.25) is 0 Å². The molecule has 11 heteroatoms. The fourth-order valence-electron chi connectivity index (χ4n) is 3.44. The lowest BCUT2D eigenvalue weighted by Crippen LogP contribution is -2.53. The topological polar surface area (TPSA) is 67.4 Å². The highest BCUT2D eigenvalue weighted by molar-refractivity contribution is 9.13. The molecule has 0 spiro atoms. The van der Waals surface area contributed by atoms with E-state index < -0.39 is 17.5 Å². The van der Waals surface area contributed by atoms with Gasteiger partial charge in [-0.2, -0.15) is 13.2 Å². The van der Waals surface area contributed by atoms with Crippen molar-refractivity contribution in [2.24, 2.45) is 5.41 Å². The summed E-state index contributed by atoms with van der Waals surface area (Å²) in [6.07, 6.45) is -5.39. The lowest BCUT2D eigenvalue weighted by molar-refractivity contribution is -0.239. The van der Waals surface area contributed by atoms with E-state index in [1.807, 2.05) is 6.92 Å². The quantitative estimate of drug-likeness (QED) is 0.446. The number of carbonyl (C=O) groups is 2. The van der Waals surface area contributed by atoms with E-state index in [0.717, 1.165) is 13.8 Å². The molecule has 1 aromatic heterocycles. The van der Waals surface area contributed by atoms with Crippen molar-refractivity contribution in [2.45, 2.75) is 38.5 Å². The van der Waals surface area contributed by atoms with Crippen LogP contribution in [0.3, 0.4) is 0 Å². The number of amides is 2. The Hall–Kier alpha value is -1.43. The second kappa shape index (κ2) is 10.2. The number of hydrogen-bond donors (Lipinski definition) is 2. The number of halogens is 5. The molecular formula is C21H21Br2F3N2O3S. The van der Waals surface area contributed by atoms with Gasteiger partial charge in [0, 0.05) is 24.2 Å². The van der Waals surface area contributed by atoms with Crippen LogP contribution < -0.4 is 10.6 Å². The van der Waals surface area contributed by atoms with E-state index in [0.29, 0.717) is 10.4 Å². The minimum Gasteiger partial charge on any atom is -0.381 e. The Kier molecular flexibility index (Phi) is 8.06. The van der Waals surface area contributed by atoms with Gasteiger partial charge in [-0.3, -0.25) is 9.59 Å². The van der Waals surface area contributed by atoms with Crippen LogP contribution in [0.25, 0.3) is 0 Å². The number of benzene rings is 1. The molecule has 1 aromatic carbocycles. The van der Waals surface area contributed by atoms with Crippen molar-refractivity contribution in [2.75, 3.05) is 13.2 Å². The molecule has 1 unspecified atom stereocenters. The summed E-state index contributed by atoms with van der Waals surface area (Å²) < 4.78 is 47.5. The Morgan fingerprint density at radius 3 is 2.34 bits per heavy atom. The second-order valence-electron chi connectivity index (χ2n) is 7.54. The minimum absolute atomic E-state index is 0.0181. The van der Waals surface area contributed by atoms with Gasteiger partial charge in [0.05, 0.1) is 14.7 Å². The van der Waals surface area contributed by atoms with Gasteiger partial charge in [0.15, 0.2) is 0 Å². The molecule has 1 fully saturated rings. The second-order valence-corrected chi connectivity index (χ2v) is 10.8. The van der Waals surface area contributed by atoms with Crippen molar-refractivity contribution < 1.29 is 27.5 Å². The molecule has 2 heterocycles. The number of ether oxygens (including phenoxy) is 1. The van der Waals surface area contributed by atoms with E-state index in [1.165, 1.54) is 11.3 Å². The molecule has 174 valence electrons. The number of thiophene rings is 1. The average Bonchev–Trinajstić information content (AvgIpc) is 3.10. The molecule has 1 saturated heterocycles. The van der Waals surface area contributed by atoms with Crippen LogP contribution in [0.15, 0.2) is 38.6 Å². The minimum atomic E-state index is -4.63. The number of alkyl halides is 3. The van der Waals surface area contributed by atoms with Gasteiger partial charge in [-0.1, -0.05) is 24.3 Å². The number of carbonyl (C=O) groups excluding carboxylic acids is 2. The molecule has 5 nitrogen and oxygen atoms in total. The first-order chi connectivity index (χ1) is 15.0. The molecule has 2 N–H and O–H groups in total. The summed E-state index contributed by atoms with van der Waals surface area (Å²) in [7, 11) is 0. The number of rotatable bonds is 6. The van der Waals surface area contributed by atoms with Gasteiger partial charge in [0.1, 0.15) is 5.41 Å². The van der Waals surface area contributed by atoms with Gasteiger partial charge >= 0.3 is 6.18 Å². The Morgan fingerprint density at radius 1 is 1.19 bits per heavy atom. The third kappa shape index (κ3) is 5.55. The summed E-state index contributed by atoms with van der Waals surface area (Å²) in [6, 6.07) is 8.46. The molecule has 2 amide bonds. The first-order valence-electron chi connectivity index (χ1n) is 9.81. The molecule has 0 radical (unpaired) electrons. The molecule has 2 aromatic rings. The Bertz CT molecular complexity index is 954. The Labute approximate surface area is 204 Å². The number of hydrogen-bond acceptors (Lipinski definition) is 4. The first-order valence-corrected chi connectivity index (χ1v) is 12.2. The highest BCUT2D eigenvalue weighted by Crippen LogP contribution is 2.46. The molecule has 32 heavy (non-hydrogen) atoms. The van der Waals surface area contributed by atoms with Crippen molar-refractivity contribution >= 4 is 55.0 Å². The predicted octanol–water partition coefficient (Wildman–Crippen LogP) is 5.74. The van der Waals surface area contributed by atoms with Gasteiger partial charge < -0.3 is 15.4 Å². The molecule has 0 bridgehead atoms. The van der Waals surface area contributed by atoms with E-state index >= 15 is 0 Å². The summed E-state index contributed by atoms with van der Waals surface area (Å²) in [4.78, 5) is 25.4. The van der Waals surface area contributed by atoms with E-state index in [-0.39, 0.29) is 44.5 Å². The van der Waals surface area contributed by atoms with Crippen LogP contribution in [-0.2, 0) is 16.1 Å². The average molecular weight is 598 g/mol. The van der Waals surface area contributed by atoms with E-state index in [9.17, 15) is 22.8 Å². The van der Waals surface area contributed by atoms with E-state index in [2.05, 4.69) is 42.5 Å². The number of nitrogens with one attached hydrogen (secondary N) is 2. The lowest BCUT2D eigenvalue weighted by Gasteiger charge is -2.37. The molecule has 3 rings (SSSR count). The summed E-state index contributed by atoms with van der Waals surface area (Å²) in [6.45, 7) is 1.63. The van der Waals surface area contributed by atoms with E-state index in [4.69, 9.17) is 4.74 Å². The zero-order valence-corrected chi connectivity index (χ0v) is 21.0. The van der Waals surface area contributed by atoms with Gasteiger partial charge in [-0.05, 0) is 68.8 Å². The maximum Gasteiger partial charge on any atom is 0.403 e. The molecule has 0 saturated carbocycles. The van der Waals surface area contributed by atoms with Crippen molar-refractivity contribution in [1.29, 1.82) is 0 Å². The maximum atomic E-state index is 13.6. The molecule has 0 aliphatic carbocycles. The van der Waals surface area contributed by atoms with Crippen molar-refractivity contribution in [3.8, 4) is 0 Å². The SMILES string of the molecule is CC(NC(=O)c1cc(Br)c(Br)s1)c1ccc(CNC(=O)C2(C(F)(F)F)CCOCC2)cc1. The van der Waals surface area contributed by atoms with Gasteiger partial charge in [0.25, 0.3) is 5.91 Å². The third-order valence-corrected chi connectivity index (χ3v) is 8.73. The van der Waals surface area contributed by atoms with Crippen LogP contribution in [0.5, 0.6) is 0 Å². The standard InChI is InChI=1S/C21H21Br2F3N2O3S/c1-12(28-18(29)16-10-15(22)17(23)32-16)14-4-2-13(3-5-14)11-27-19(30)20(21(24,25)26)6-8-31-9-7-20/h2-5,10,12H,6-9,11H2,1H3,(H,27,30)(H,28,29). The molecule has 1 aliphatic rings. The van der Waals surface area contributed by atoms with Crippen LogP contribution >= 0.6 is 43.2 Å². The van der Waals surface area contributed by atoms with Gasteiger partial charge in [-0.15, -0.1) is 11.3 Å². The zero-order valence-electron chi connectivity index (χ0n) is 17.0. The third-order valence-electron chi connectivity index (χ3n) is 5.47. The van der Waals surface area contributed by atoms with Crippen molar-refractivity contribution in [1.82, 2.24) is 10.6 Å². The maximum absolute atomic E-state index is 13.6. The normalized spacial score (nSPS) is 16.9. The fourth-order valence-corrected chi connectivity index (χ4v) is 5.38. The van der Waals surface area contributed by atoms with Crippen molar-refractivity contribution in [3.05, 3.63) is 54.6 Å². The summed E-state index contributed by atoms with van der Waals surface area (Å²) in [5, 5.41) is 5.34. The van der Waals surface area contributed by atoms with Crippen LogP contribution in [0, 0.1) is 5.41 Å². The lowest BCUT2D eigenvalue weighted by atomic mass is 9.78.